The van der Waals surface area contributed by atoms with Crippen LogP contribution in [0.15, 0.2) is 24.3 Å². The zero-order chi connectivity index (χ0) is 13.7. The number of nitrogens with one attached hydrogen (secondary N) is 1. The van der Waals surface area contributed by atoms with Crippen molar-refractivity contribution in [2.45, 2.75) is 25.5 Å². The lowest BCUT2D eigenvalue weighted by Gasteiger charge is -2.30. The molecule has 106 valence electrons. The van der Waals surface area contributed by atoms with Crippen molar-refractivity contribution in [1.29, 1.82) is 0 Å². The molecular formula is C13H18F2N2O2. The third kappa shape index (κ3) is 3.86. The summed E-state index contributed by atoms with van der Waals surface area (Å²) in [6.45, 7) is -1.36. The summed E-state index contributed by atoms with van der Waals surface area (Å²) in [5, 5.41) is 0. The Morgan fingerprint density at radius 1 is 1.32 bits per heavy atom. The zero-order valence-electron chi connectivity index (χ0n) is 10.5. The van der Waals surface area contributed by atoms with Gasteiger partial charge in [0.1, 0.15) is 5.75 Å². The van der Waals surface area contributed by atoms with Gasteiger partial charge in [0.2, 0.25) is 0 Å². The highest BCUT2D eigenvalue weighted by molar-refractivity contribution is 5.29. The van der Waals surface area contributed by atoms with Crippen LogP contribution in [0.3, 0.4) is 0 Å². The molecule has 1 fully saturated rings. The van der Waals surface area contributed by atoms with Crippen LogP contribution in [-0.4, -0.2) is 19.8 Å². The summed E-state index contributed by atoms with van der Waals surface area (Å²) in [5.74, 6) is 6.04. The predicted octanol–water partition coefficient (Wildman–Crippen LogP) is 2.22. The van der Waals surface area contributed by atoms with Gasteiger partial charge in [-0.2, -0.15) is 8.78 Å². The van der Waals surface area contributed by atoms with E-state index in [0.29, 0.717) is 12.5 Å². The summed E-state index contributed by atoms with van der Waals surface area (Å²) >= 11 is 0. The molecule has 1 heterocycles. The maximum absolute atomic E-state index is 12.1. The van der Waals surface area contributed by atoms with E-state index in [1.807, 2.05) is 0 Å². The van der Waals surface area contributed by atoms with E-state index in [4.69, 9.17) is 10.6 Å². The summed E-state index contributed by atoms with van der Waals surface area (Å²) in [6, 6.07) is 6.50. The topological polar surface area (TPSA) is 56.5 Å². The molecule has 1 saturated heterocycles. The first-order chi connectivity index (χ1) is 9.20. The van der Waals surface area contributed by atoms with E-state index in [2.05, 4.69) is 10.2 Å². The van der Waals surface area contributed by atoms with E-state index in [9.17, 15) is 8.78 Å². The van der Waals surface area contributed by atoms with Crippen molar-refractivity contribution in [2.75, 3.05) is 13.2 Å². The number of alkyl halides is 2. The van der Waals surface area contributed by atoms with Crippen LogP contribution in [0.2, 0.25) is 0 Å². The summed E-state index contributed by atoms with van der Waals surface area (Å²) in [5.41, 5.74) is 3.72. The maximum Gasteiger partial charge on any atom is 0.387 e. The molecule has 2 unspecified atom stereocenters. The Morgan fingerprint density at radius 2 is 2.05 bits per heavy atom. The lowest BCUT2D eigenvalue weighted by molar-refractivity contribution is -0.0498. The number of hydrogen-bond acceptors (Lipinski definition) is 4. The standard InChI is InChI=1S/C13H18F2N2O2/c14-13(15)19-11-5-3-9(4-6-11)12(17-16)10-2-1-7-18-8-10/h3-6,10,12-13,17H,1-2,7-8,16H2. The minimum absolute atomic E-state index is 0.0408. The minimum atomic E-state index is -2.80. The Morgan fingerprint density at radius 3 is 2.58 bits per heavy atom. The number of rotatable bonds is 5. The van der Waals surface area contributed by atoms with E-state index in [1.165, 1.54) is 12.1 Å². The van der Waals surface area contributed by atoms with Crippen LogP contribution in [0.4, 0.5) is 8.78 Å². The van der Waals surface area contributed by atoms with E-state index >= 15 is 0 Å². The van der Waals surface area contributed by atoms with Crippen molar-refractivity contribution in [2.24, 2.45) is 11.8 Å². The molecule has 1 aliphatic rings. The molecule has 1 aromatic carbocycles. The van der Waals surface area contributed by atoms with Crippen molar-refractivity contribution in [3.8, 4) is 5.75 Å². The second kappa shape index (κ2) is 6.79. The molecule has 6 heteroatoms. The number of ether oxygens (including phenoxy) is 2. The Labute approximate surface area is 110 Å². The fourth-order valence-electron chi connectivity index (χ4n) is 2.39. The number of hydrazine groups is 1. The molecular weight excluding hydrogens is 254 g/mol. The minimum Gasteiger partial charge on any atom is -0.435 e. The van der Waals surface area contributed by atoms with E-state index in [1.54, 1.807) is 12.1 Å². The second-order valence-electron chi connectivity index (χ2n) is 4.57. The van der Waals surface area contributed by atoms with Crippen LogP contribution < -0.4 is 16.0 Å². The summed E-state index contributed by atoms with van der Waals surface area (Å²) < 4.78 is 33.9. The molecule has 4 nitrogen and oxygen atoms in total. The first-order valence-electron chi connectivity index (χ1n) is 6.29. The number of halogens is 2. The Balaban J connectivity index is 2.05. The molecule has 1 aliphatic heterocycles. The Kier molecular flexibility index (Phi) is 5.07. The van der Waals surface area contributed by atoms with E-state index in [-0.39, 0.29) is 11.8 Å². The van der Waals surface area contributed by atoms with Gasteiger partial charge in [-0.25, -0.2) is 0 Å². The molecule has 0 saturated carbocycles. The summed E-state index contributed by atoms with van der Waals surface area (Å²) in [7, 11) is 0. The van der Waals surface area contributed by atoms with Crippen LogP contribution >= 0.6 is 0 Å². The van der Waals surface area contributed by atoms with Crippen LogP contribution in [-0.2, 0) is 4.74 Å². The van der Waals surface area contributed by atoms with Gasteiger partial charge < -0.3 is 9.47 Å². The van der Waals surface area contributed by atoms with Gasteiger partial charge in [0.15, 0.2) is 0 Å². The quantitative estimate of drug-likeness (QED) is 0.637. The maximum atomic E-state index is 12.1. The highest BCUT2D eigenvalue weighted by Gasteiger charge is 2.24. The van der Waals surface area contributed by atoms with Crippen LogP contribution in [0.5, 0.6) is 5.75 Å². The van der Waals surface area contributed by atoms with Gasteiger partial charge in [-0.05, 0) is 30.5 Å². The van der Waals surface area contributed by atoms with Gasteiger partial charge in [-0.1, -0.05) is 12.1 Å². The second-order valence-corrected chi connectivity index (χ2v) is 4.57. The molecule has 0 aromatic heterocycles. The van der Waals surface area contributed by atoms with Crippen molar-refractivity contribution in [1.82, 2.24) is 5.43 Å². The third-order valence-corrected chi connectivity index (χ3v) is 3.31. The fraction of sp³-hybridized carbons (Fsp3) is 0.538. The van der Waals surface area contributed by atoms with Gasteiger partial charge in [0, 0.05) is 12.5 Å². The Bertz CT molecular complexity index is 381. The first-order valence-corrected chi connectivity index (χ1v) is 6.29. The van der Waals surface area contributed by atoms with Gasteiger partial charge in [0.05, 0.1) is 12.6 Å². The fourth-order valence-corrected chi connectivity index (χ4v) is 2.39. The molecule has 0 bridgehead atoms. The third-order valence-electron chi connectivity index (χ3n) is 3.31. The molecule has 19 heavy (non-hydrogen) atoms. The highest BCUT2D eigenvalue weighted by atomic mass is 19.3. The van der Waals surface area contributed by atoms with E-state index < -0.39 is 6.61 Å². The molecule has 2 atom stereocenters. The average molecular weight is 272 g/mol. The molecule has 1 aromatic rings. The number of nitrogens with two attached hydrogens (primary N) is 1. The highest BCUT2D eigenvalue weighted by Crippen LogP contribution is 2.29. The smallest absolute Gasteiger partial charge is 0.387 e. The SMILES string of the molecule is NNC(c1ccc(OC(F)F)cc1)C1CCCOC1. The molecule has 2 rings (SSSR count). The van der Waals surface area contributed by atoms with Crippen molar-refractivity contribution >= 4 is 0 Å². The normalized spacial score (nSPS) is 21.4. The lowest BCUT2D eigenvalue weighted by Crippen LogP contribution is -2.37. The zero-order valence-corrected chi connectivity index (χ0v) is 10.5. The van der Waals surface area contributed by atoms with Gasteiger partial charge >= 0.3 is 6.61 Å². The van der Waals surface area contributed by atoms with Crippen molar-refractivity contribution in [3.63, 3.8) is 0 Å². The van der Waals surface area contributed by atoms with Gasteiger partial charge in [0.25, 0.3) is 0 Å². The first kappa shape index (κ1) is 14.2. The predicted molar refractivity (Wildman–Crippen MR) is 66.7 cm³/mol. The molecule has 3 N–H and O–H groups in total. The summed E-state index contributed by atoms with van der Waals surface area (Å²) in [4.78, 5) is 0. The monoisotopic (exact) mass is 272 g/mol. The number of hydrogen-bond donors (Lipinski definition) is 2. The average Bonchev–Trinajstić information content (AvgIpc) is 2.42. The number of benzene rings is 1. The van der Waals surface area contributed by atoms with Crippen LogP contribution in [0, 0.1) is 5.92 Å². The summed E-state index contributed by atoms with van der Waals surface area (Å²) in [6.07, 6.45) is 2.04. The molecule has 0 aliphatic carbocycles. The Hall–Kier alpha value is -1.24. The van der Waals surface area contributed by atoms with Crippen molar-refractivity contribution < 1.29 is 18.3 Å². The largest absolute Gasteiger partial charge is 0.435 e. The van der Waals surface area contributed by atoms with Gasteiger partial charge in [-0.3, -0.25) is 11.3 Å². The molecule has 0 radical (unpaired) electrons. The molecule has 0 spiro atoms. The van der Waals surface area contributed by atoms with Crippen LogP contribution in [0.1, 0.15) is 24.4 Å². The van der Waals surface area contributed by atoms with Crippen LogP contribution in [0.25, 0.3) is 0 Å². The van der Waals surface area contributed by atoms with E-state index in [0.717, 1.165) is 25.0 Å². The molecule has 0 amide bonds. The lowest BCUT2D eigenvalue weighted by atomic mass is 9.89. The van der Waals surface area contributed by atoms with Gasteiger partial charge in [-0.15, -0.1) is 0 Å². The van der Waals surface area contributed by atoms with Crippen molar-refractivity contribution in [3.05, 3.63) is 29.8 Å².